The van der Waals surface area contributed by atoms with Crippen molar-refractivity contribution in [3.05, 3.63) is 215 Å². The first kappa shape index (κ1) is 59.5. The molecule has 0 radical (unpaired) electrons. The second-order valence-electron chi connectivity index (χ2n) is 18.2. The van der Waals surface area contributed by atoms with Gasteiger partial charge in [-0.1, -0.05) is 182 Å². The van der Waals surface area contributed by atoms with Crippen LogP contribution in [0.25, 0.3) is 0 Å². The Morgan fingerprint density at radius 2 is 0.582 bits per heavy atom. The summed E-state index contributed by atoms with van der Waals surface area (Å²) in [5.41, 5.74) is -8.63. The molecule has 424 valence electrons. The number of alkyl halides is 6. The summed E-state index contributed by atoms with van der Waals surface area (Å²) >= 11 is 0. The van der Waals surface area contributed by atoms with Gasteiger partial charge in [0, 0.05) is 0 Å². The molecule has 0 saturated carbocycles. The number of hydrogen-bond donors (Lipinski definition) is 0. The van der Waals surface area contributed by atoms with Gasteiger partial charge < -0.3 is 42.6 Å². The summed E-state index contributed by atoms with van der Waals surface area (Å²) in [6.07, 6.45) is -19.0. The Hall–Kier alpha value is -5.64. The van der Waals surface area contributed by atoms with Gasteiger partial charge in [-0.15, -0.1) is 0 Å². The van der Waals surface area contributed by atoms with E-state index < -0.39 is 106 Å². The van der Waals surface area contributed by atoms with Gasteiger partial charge in [0.1, 0.15) is 48.8 Å². The van der Waals surface area contributed by atoms with Crippen LogP contribution in [0.1, 0.15) is 33.4 Å². The predicted octanol–water partition coefficient (Wildman–Crippen LogP) is 9.70. The van der Waals surface area contributed by atoms with Crippen molar-refractivity contribution in [2.75, 3.05) is 13.2 Å². The van der Waals surface area contributed by atoms with E-state index in [0.717, 1.165) is 0 Å². The van der Waals surface area contributed by atoms with Crippen LogP contribution in [0.15, 0.2) is 182 Å². The Morgan fingerprint density at radius 1 is 0.342 bits per heavy atom. The zero-order valence-electron chi connectivity index (χ0n) is 42.0. The van der Waals surface area contributed by atoms with Crippen LogP contribution in [0.3, 0.4) is 0 Å². The third kappa shape index (κ3) is 16.7. The van der Waals surface area contributed by atoms with Gasteiger partial charge in [0.05, 0.1) is 52.9 Å². The van der Waals surface area contributed by atoms with Crippen molar-refractivity contribution in [1.82, 2.24) is 0 Å². The quantitative estimate of drug-likeness (QED) is 0.0286. The molecule has 8 rings (SSSR count). The lowest BCUT2D eigenvalue weighted by Gasteiger charge is -2.49. The molecule has 79 heavy (non-hydrogen) atoms. The molecular weight excluding hydrogens is 1090 g/mol. The van der Waals surface area contributed by atoms with E-state index in [2.05, 4.69) is 0 Å². The van der Waals surface area contributed by atoms with Crippen molar-refractivity contribution in [1.29, 1.82) is 0 Å². The molecule has 2 fully saturated rings. The van der Waals surface area contributed by atoms with Crippen LogP contribution in [0.2, 0.25) is 0 Å². The summed E-state index contributed by atoms with van der Waals surface area (Å²) in [7, 11) is -12.9. The fourth-order valence-electron chi connectivity index (χ4n) is 8.54. The maximum absolute atomic E-state index is 14.4. The van der Waals surface area contributed by atoms with Crippen LogP contribution in [0.4, 0.5) is 26.3 Å². The van der Waals surface area contributed by atoms with Crippen LogP contribution < -0.4 is 0 Å². The van der Waals surface area contributed by atoms with Crippen LogP contribution in [0, 0.1) is 0 Å². The first-order chi connectivity index (χ1) is 37.9. The summed E-state index contributed by atoms with van der Waals surface area (Å²) in [6, 6.07) is 50.7. The zero-order chi connectivity index (χ0) is 55.9. The lowest BCUT2D eigenvalue weighted by molar-refractivity contribution is -0.388. The average Bonchev–Trinajstić information content (AvgIpc) is 3.55. The SMILES string of the molecule is O=S(=O)(O[C@H]1[C@H](OCc2ccccc2)[C@@H](OCc2ccccc2)[C@@H](O[C@H]2O[C@H](COCc3ccccc3)[C@@H](OS(=O)(=O)C(F)(F)F)[C@H](OCc3ccccc3)[C@H]2OCc2ccccc2)O[C@@H]1COCc1ccccc1)C(F)(F)F. The summed E-state index contributed by atoms with van der Waals surface area (Å²) < 4.78 is 207. The van der Waals surface area contributed by atoms with Gasteiger partial charge in [0.15, 0.2) is 12.6 Å². The topological polar surface area (TPSA) is 170 Å². The lowest BCUT2D eigenvalue weighted by Crippen LogP contribution is -2.66. The Balaban J connectivity index is 1.25. The molecule has 15 nitrogen and oxygen atoms in total. The highest BCUT2D eigenvalue weighted by Crippen LogP contribution is 2.40. The predicted molar refractivity (Wildman–Crippen MR) is 270 cm³/mol. The monoisotopic (exact) mass is 1150 g/mol. The largest absolute Gasteiger partial charge is 0.523 e. The van der Waals surface area contributed by atoms with E-state index in [1.807, 2.05) is 0 Å². The molecule has 23 heteroatoms. The minimum Gasteiger partial charge on any atom is -0.374 e. The summed E-state index contributed by atoms with van der Waals surface area (Å²) in [5.74, 6) is 0. The second kappa shape index (κ2) is 27.7. The molecule has 0 spiro atoms. The van der Waals surface area contributed by atoms with Crippen LogP contribution in [0.5, 0.6) is 0 Å². The molecule has 6 aromatic carbocycles. The van der Waals surface area contributed by atoms with Crippen LogP contribution in [-0.2, 0) is 111 Å². The van der Waals surface area contributed by atoms with Gasteiger partial charge in [-0.3, -0.25) is 8.37 Å². The fourth-order valence-corrected chi connectivity index (χ4v) is 9.81. The zero-order valence-corrected chi connectivity index (χ0v) is 43.6. The average molecular weight is 1150 g/mol. The van der Waals surface area contributed by atoms with Crippen molar-refractivity contribution < 1.29 is 94.2 Å². The van der Waals surface area contributed by atoms with Gasteiger partial charge in [0.25, 0.3) is 0 Å². The number of ether oxygens (including phenoxy) is 9. The van der Waals surface area contributed by atoms with E-state index in [1.54, 1.807) is 182 Å². The molecule has 6 aromatic rings. The molecule has 0 aliphatic carbocycles. The van der Waals surface area contributed by atoms with Crippen molar-refractivity contribution >= 4 is 20.2 Å². The van der Waals surface area contributed by atoms with E-state index in [0.29, 0.717) is 33.4 Å². The molecule has 0 bridgehead atoms. The molecule has 0 unspecified atom stereocenters. The standard InChI is InChI=1S/C56H56F6O15S2/c57-55(58,59)78(63,64)76-47-45(37-67-31-39-19-7-1-8-20-39)73-53(51(71-35-43-27-15-5-16-28-43)49(47)69-33-41-23-11-3-12-24-41)75-54-52(72-36-44-29-17-6-18-30-44)50(70-34-42-25-13-4-14-26-42)48(77-79(65,66)56(60,61)62)46(74-54)38-68-32-40-21-9-2-10-22-40/h1-30,45-54H,31-38H2/t45-,46-,47-,48-,49+,50+,51-,52-,53-,54-/m1/s1. The molecule has 0 aromatic heterocycles. The number of halogens is 6. The molecule has 0 amide bonds. The second-order valence-corrected chi connectivity index (χ2v) is 21.3. The van der Waals surface area contributed by atoms with Gasteiger partial charge in [-0.2, -0.15) is 43.2 Å². The highest BCUT2D eigenvalue weighted by atomic mass is 32.2. The van der Waals surface area contributed by atoms with Gasteiger partial charge >= 0.3 is 31.3 Å². The van der Waals surface area contributed by atoms with Crippen LogP contribution >= 0.6 is 0 Å². The highest BCUT2D eigenvalue weighted by Gasteiger charge is 2.59. The van der Waals surface area contributed by atoms with Crippen molar-refractivity contribution in [2.24, 2.45) is 0 Å². The van der Waals surface area contributed by atoms with Crippen molar-refractivity contribution in [3.63, 3.8) is 0 Å². The van der Waals surface area contributed by atoms with Gasteiger partial charge in [-0.05, 0) is 33.4 Å². The van der Waals surface area contributed by atoms with E-state index in [9.17, 15) is 43.2 Å². The van der Waals surface area contributed by atoms with Gasteiger partial charge in [-0.25, -0.2) is 0 Å². The molecule has 2 saturated heterocycles. The molecule has 2 aliphatic heterocycles. The summed E-state index contributed by atoms with van der Waals surface area (Å²) in [4.78, 5) is 0. The molecule has 10 atom stereocenters. The Bertz CT molecular complexity index is 2770. The molecule has 2 aliphatic rings. The Morgan fingerprint density at radius 3 is 0.835 bits per heavy atom. The Kier molecular flexibility index (Phi) is 20.8. The van der Waals surface area contributed by atoms with Gasteiger partial charge in [0.2, 0.25) is 0 Å². The Labute approximate surface area is 453 Å². The smallest absolute Gasteiger partial charge is 0.374 e. The van der Waals surface area contributed by atoms with Crippen LogP contribution in [-0.4, -0.2) is 102 Å². The number of hydrogen-bond acceptors (Lipinski definition) is 15. The molecular formula is C56H56F6O15S2. The van der Waals surface area contributed by atoms with E-state index >= 15 is 0 Å². The summed E-state index contributed by atoms with van der Waals surface area (Å²) in [5, 5.41) is 0. The minimum absolute atomic E-state index is 0.150. The first-order valence-electron chi connectivity index (χ1n) is 24.7. The number of benzene rings is 6. The maximum atomic E-state index is 14.4. The summed E-state index contributed by atoms with van der Waals surface area (Å²) in [6.45, 7) is -2.99. The normalized spacial score (nSPS) is 24.0. The molecule has 2 heterocycles. The third-order valence-electron chi connectivity index (χ3n) is 12.4. The fraction of sp³-hybridized carbons (Fsp3) is 0.357. The van der Waals surface area contributed by atoms with E-state index in [4.69, 9.17) is 51.0 Å². The van der Waals surface area contributed by atoms with Crippen molar-refractivity contribution in [2.45, 2.75) is 112 Å². The van der Waals surface area contributed by atoms with E-state index in [1.165, 1.54) is 0 Å². The molecule has 0 N–H and O–H groups in total. The third-order valence-corrected chi connectivity index (χ3v) is 14.5. The highest BCUT2D eigenvalue weighted by molar-refractivity contribution is 7.87. The van der Waals surface area contributed by atoms with Crippen molar-refractivity contribution in [3.8, 4) is 0 Å². The maximum Gasteiger partial charge on any atom is 0.523 e. The number of rotatable bonds is 26. The van der Waals surface area contributed by atoms with E-state index in [-0.39, 0.29) is 39.6 Å². The lowest BCUT2D eigenvalue weighted by atomic mass is 9.97. The minimum atomic E-state index is -6.44. The first-order valence-corrected chi connectivity index (χ1v) is 27.6.